The lowest BCUT2D eigenvalue weighted by Gasteiger charge is -2.55. The summed E-state index contributed by atoms with van der Waals surface area (Å²) in [5.41, 5.74) is 3.12. The van der Waals surface area contributed by atoms with Crippen LogP contribution in [0.1, 0.15) is 0 Å². The lowest BCUT2D eigenvalue weighted by molar-refractivity contribution is 1.29. The van der Waals surface area contributed by atoms with Gasteiger partial charge in [-0.15, -0.1) is 0 Å². The first kappa shape index (κ1) is 13.7. The molecule has 0 amide bonds. The second kappa shape index (κ2) is 3.55. The summed E-state index contributed by atoms with van der Waals surface area (Å²) in [4.78, 5) is 0. The number of hydrogen-bond acceptors (Lipinski definition) is 0. The summed E-state index contributed by atoms with van der Waals surface area (Å²) >= 11 is 8.10. The monoisotopic (exact) mass is 372 g/mol. The molecule has 14 heavy (non-hydrogen) atoms. The van der Waals surface area contributed by atoms with Crippen molar-refractivity contribution in [2.45, 2.75) is 53.1 Å². The molecule has 1 rings (SSSR count). The van der Waals surface area contributed by atoms with E-state index >= 15 is 0 Å². The normalized spacial score (nSPS) is 32.6. The van der Waals surface area contributed by atoms with Crippen LogP contribution in [0.15, 0.2) is 0 Å². The van der Waals surface area contributed by atoms with Crippen LogP contribution in [0.5, 0.6) is 0 Å². The lowest BCUT2D eigenvalue weighted by atomic mass is 11.6. The predicted octanol–water partition coefficient (Wildman–Crippen LogP) is 4.77. The molecule has 0 aromatic rings. The van der Waals surface area contributed by atoms with Gasteiger partial charge in [-0.1, -0.05) is 82.5 Å². The van der Waals surface area contributed by atoms with Gasteiger partial charge in [-0.05, 0) is 0 Å². The van der Waals surface area contributed by atoms with Crippen molar-refractivity contribution in [2.24, 2.45) is 0 Å². The lowest BCUT2D eigenvalue weighted by Crippen LogP contribution is -2.70. The zero-order chi connectivity index (χ0) is 11.4. The Kier molecular flexibility index (Phi) is 3.47. The standard InChI is InChI=1S/C9H22Br2Si3/c1-12(2)7-13(3,4)9(10,11)14(5,6)8-12/h7-8H2,1-6H3. The molecule has 0 unspecified atom stereocenters. The van der Waals surface area contributed by atoms with Crippen LogP contribution < -0.4 is 0 Å². The molecule has 0 aliphatic carbocycles. The molecule has 0 radical (unpaired) electrons. The molecule has 0 atom stereocenters. The van der Waals surface area contributed by atoms with Crippen LogP contribution in [-0.4, -0.2) is 26.7 Å². The molecule has 0 aromatic carbocycles. The Labute approximate surface area is 109 Å². The highest BCUT2D eigenvalue weighted by Crippen LogP contribution is 2.54. The van der Waals surface area contributed by atoms with Crippen molar-refractivity contribution in [2.75, 3.05) is 0 Å². The summed E-state index contributed by atoms with van der Waals surface area (Å²) in [6.07, 6.45) is 0. The van der Waals surface area contributed by atoms with Gasteiger partial charge in [0.1, 0.15) is 0 Å². The van der Waals surface area contributed by atoms with E-state index < -0.39 is 24.2 Å². The van der Waals surface area contributed by atoms with E-state index in [1.807, 2.05) is 0 Å². The van der Waals surface area contributed by atoms with Crippen molar-refractivity contribution < 1.29 is 0 Å². The topological polar surface area (TPSA) is 0 Å². The van der Waals surface area contributed by atoms with Gasteiger partial charge in [0.05, 0.1) is 18.6 Å². The van der Waals surface area contributed by atoms with E-state index in [-0.39, 0.29) is 0 Å². The van der Waals surface area contributed by atoms with Crippen LogP contribution in [0.4, 0.5) is 0 Å². The predicted molar refractivity (Wildman–Crippen MR) is 82.6 cm³/mol. The first-order valence-electron chi connectivity index (χ1n) is 5.29. The summed E-state index contributed by atoms with van der Waals surface area (Å²) in [7, 11) is -3.15. The highest BCUT2D eigenvalue weighted by atomic mass is 79.9. The summed E-state index contributed by atoms with van der Waals surface area (Å²) in [6.45, 7) is 15.4. The number of halogens is 2. The molecule has 1 aliphatic rings. The van der Waals surface area contributed by atoms with E-state index in [2.05, 4.69) is 71.1 Å². The maximum absolute atomic E-state index is 4.05. The number of alkyl halides is 2. The van der Waals surface area contributed by atoms with Crippen molar-refractivity contribution in [1.29, 1.82) is 0 Å². The molecule has 5 heteroatoms. The Bertz CT molecular complexity index is 224. The second-order valence-corrected chi connectivity index (χ2v) is 29.9. The molecule has 1 saturated heterocycles. The Morgan fingerprint density at radius 3 is 1.36 bits per heavy atom. The molecule has 1 aliphatic heterocycles. The first-order chi connectivity index (χ1) is 5.91. The second-order valence-electron chi connectivity index (χ2n) is 6.86. The Morgan fingerprint density at radius 1 is 0.786 bits per heavy atom. The third-order valence-corrected chi connectivity index (χ3v) is 38.6. The molecule has 0 aromatic heterocycles. The van der Waals surface area contributed by atoms with E-state index in [9.17, 15) is 0 Å². The van der Waals surface area contributed by atoms with Gasteiger partial charge in [-0.3, -0.25) is 0 Å². The van der Waals surface area contributed by atoms with Crippen molar-refractivity contribution >= 4 is 56.1 Å². The highest BCUT2D eigenvalue weighted by molar-refractivity contribution is 9.27. The summed E-state index contributed by atoms with van der Waals surface area (Å²) < 4.78 is 0.364. The Balaban J connectivity index is 3.13. The molecule has 0 saturated carbocycles. The third kappa shape index (κ3) is 2.17. The smallest absolute Gasteiger partial charge is 0.0735 e. The van der Waals surface area contributed by atoms with Crippen LogP contribution in [0, 0.1) is 0 Å². The van der Waals surface area contributed by atoms with E-state index in [0.717, 1.165) is 0 Å². The largest absolute Gasteiger partial charge is 0.0803 e. The molecule has 0 nitrogen and oxygen atoms in total. The molecule has 0 spiro atoms. The molecular formula is C9H22Br2Si3. The van der Waals surface area contributed by atoms with Crippen molar-refractivity contribution in [3.63, 3.8) is 0 Å². The van der Waals surface area contributed by atoms with Gasteiger partial charge in [-0.25, -0.2) is 0 Å². The van der Waals surface area contributed by atoms with E-state index in [1.54, 1.807) is 11.3 Å². The SMILES string of the molecule is C[Si]1(C)C[Si](C)(C)C(Br)(Br)[Si](C)(C)C1. The summed E-state index contributed by atoms with van der Waals surface area (Å²) in [5, 5.41) is 0. The van der Waals surface area contributed by atoms with Gasteiger partial charge >= 0.3 is 0 Å². The fourth-order valence-corrected chi connectivity index (χ4v) is 40.1. The maximum atomic E-state index is 4.05. The van der Waals surface area contributed by atoms with E-state index in [0.29, 0.717) is 2.48 Å². The molecular weight excluding hydrogens is 352 g/mol. The van der Waals surface area contributed by atoms with Gasteiger partial charge in [0.2, 0.25) is 0 Å². The fourth-order valence-electron chi connectivity index (χ4n) is 3.59. The van der Waals surface area contributed by atoms with Crippen LogP contribution in [0.3, 0.4) is 0 Å². The van der Waals surface area contributed by atoms with Gasteiger partial charge in [0, 0.05) is 8.07 Å². The van der Waals surface area contributed by atoms with Gasteiger partial charge in [0.25, 0.3) is 0 Å². The molecule has 0 N–H and O–H groups in total. The zero-order valence-electron chi connectivity index (χ0n) is 10.2. The van der Waals surface area contributed by atoms with E-state index in [4.69, 9.17) is 0 Å². The quantitative estimate of drug-likeness (QED) is 0.423. The van der Waals surface area contributed by atoms with Crippen LogP contribution in [-0.2, 0) is 0 Å². The number of hydrogen-bond donors (Lipinski definition) is 0. The van der Waals surface area contributed by atoms with Crippen LogP contribution >= 0.6 is 31.9 Å². The fraction of sp³-hybridized carbons (Fsp3) is 1.00. The van der Waals surface area contributed by atoms with Crippen LogP contribution in [0.25, 0.3) is 0 Å². The first-order valence-corrected chi connectivity index (χ1v) is 16.7. The summed E-state index contributed by atoms with van der Waals surface area (Å²) in [6, 6.07) is 0. The highest BCUT2D eigenvalue weighted by Gasteiger charge is 2.60. The van der Waals surface area contributed by atoms with Crippen molar-refractivity contribution in [3.05, 3.63) is 0 Å². The Hall–Kier alpha value is 1.61. The summed E-state index contributed by atoms with van der Waals surface area (Å²) in [5.74, 6) is 0. The van der Waals surface area contributed by atoms with Crippen LogP contribution in [0.2, 0.25) is 50.6 Å². The van der Waals surface area contributed by atoms with E-state index in [1.165, 1.54) is 0 Å². The molecule has 1 fully saturated rings. The minimum Gasteiger partial charge on any atom is -0.0803 e. The molecule has 1 heterocycles. The van der Waals surface area contributed by atoms with Gasteiger partial charge < -0.3 is 0 Å². The Morgan fingerprint density at radius 2 is 1.07 bits per heavy atom. The maximum Gasteiger partial charge on any atom is 0.0735 e. The van der Waals surface area contributed by atoms with Gasteiger partial charge in [-0.2, -0.15) is 0 Å². The van der Waals surface area contributed by atoms with Crippen molar-refractivity contribution in [1.82, 2.24) is 0 Å². The third-order valence-electron chi connectivity index (χ3n) is 3.54. The molecule has 0 bridgehead atoms. The minimum absolute atomic E-state index is 0.364. The molecule has 84 valence electrons. The average molecular weight is 374 g/mol. The van der Waals surface area contributed by atoms with Gasteiger partial charge in [0.15, 0.2) is 0 Å². The zero-order valence-corrected chi connectivity index (χ0v) is 16.3. The average Bonchev–Trinajstić information content (AvgIpc) is 1.77. The minimum atomic E-state index is -1.13. The number of rotatable bonds is 0. The van der Waals surface area contributed by atoms with Crippen molar-refractivity contribution in [3.8, 4) is 0 Å².